The first-order valence-electron chi connectivity index (χ1n) is 8.99. The van der Waals surface area contributed by atoms with Crippen LogP contribution in [0.1, 0.15) is 40.5 Å². The van der Waals surface area contributed by atoms with Crippen LogP contribution in [0.15, 0.2) is 48.5 Å². The van der Waals surface area contributed by atoms with E-state index in [1.54, 1.807) is 0 Å². The van der Waals surface area contributed by atoms with Crippen molar-refractivity contribution in [2.75, 3.05) is 27.2 Å². The lowest BCUT2D eigenvalue weighted by atomic mass is 9.52. The first kappa shape index (κ1) is 16.8. The second kappa shape index (κ2) is 6.26. The predicted molar refractivity (Wildman–Crippen MR) is 98.7 cm³/mol. The van der Waals surface area contributed by atoms with Gasteiger partial charge in [-0.3, -0.25) is 4.79 Å². The van der Waals surface area contributed by atoms with Crippen molar-refractivity contribution < 1.29 is 9.53 Å². The van der Waals surface area contributed by atoms with Crippen molar-refractivity contribution in [2.45, 2.75) is 18.3 Å². The summed E-state index contributed by atoms with van der Waals surface area (Å²) in [5, 5.41) is 10.1. The van der Waals surface area contributed by atoms with Crippen LogP contribution in [0.3, 0.4) is 0 Å². The van der Waals surface area contributed by atoms with Gasteiger partial charge in [-0.25, -0.2) is 0 Å². The molecule has 3 aliphatic rings. The number of fused-ring (bicyclic) bond motifs is 1. The number of nitriles is 1. The van der Waals surface area contributed by atoms with Gasteiger partial charge in [0.15, 0.2) is 5.41 Å². The topological polar surface area (TPSA) is 53.3 Å². The Bertz CT molecular complexity index is 852. The number of ether oxygens (including phenoxy) is 1. The van der Waals surface area contributed by atoms with Crippen LogP contribution in [0.2, 0.25) is 0 Å². The number of carbonyl (C=O) groups is 1. The maximum Gasteiger partial charge on any atom is 0.327 e. The number of hydrogen-bond acceptors (Lipinski definition) is 4. The number of nitrogens with zero attached hydrogens (tertiary/aromatic N) is 2. The van der Waals surface area contributed by atoms with Crippen molar-refractivity contribution >= 4 is 5.97 Å². The molecule has 0 N–H and O–H groups in total. The minimum atomic E-state index is -1.15. The molecule has 1 atom stereocenters. The average Bonchev–Trinajstić information content (AvgIpc) is 2.67. The van der Waals surface area contributed by atoms with E-state index < -0.39 is 5.41 Å². The second-order valence-electron chi connectivity index (χ2n) is 7.47. The summed E-state index contributed by atoms with van der Waals surface area (Å²) in [6.07, 6.45) is 0.489. The fraction of sp³-hybridized carbons (Fsp3) is 0.364. The van der Waals surface area contributed by atoms with Gasteiger partial charge < -0.3 is 9.64 Å². The fourth-order valence-electron chi connectivity index (χ4n) is 4.51. The summed E-state index contributed by atoms with van der Waals surface area (Å²) in [5.41, 5.74) is 3.51. The highest BCUT2D eigenvalue weighted by Gasteiger charge is 2.58. The standard InChI is InChI=1S/C22H22N2O2/c1-24(2)11-12-26-21(25)22(14-23)13-19-15-7-3-5-9-17(15)20(22)18-10-6-4-8-16(18)19/h3-10,19-20H,11-13H2,1-2H3/t19?,20?,22-/m1/s1. The van der Waals surface area contributed by atoms with Crippen LogP contribution in [0.5, 0.6) is 0 Å². The molecule has 5 rings (SSSR count). The van der Waals surface area contributed by atoms with Gasteiger partial charge in [0.2, 0.25) is 0 Å². The Kier molecular flexibility index (Phi) is 4.05. The number of rotatable bonds is 4. The van der Waals surface area contributed by atoms with Crippen LogP contribution in [-0.4, -0.2) is 38.1 Å². The molecule has 2 aromatic carbocycles. The highest BCUT2D eigenvalue weighted by molar-refractivity contribution is 5.85. The Morgan fingerprint density at radius 2 is 1.65 bits per heavy atom. The molecule has 132 valence electrons. The fourth-order valence-corrected chi connectivity index (χ4v) is 4.51. The van der Waals surface area contributed by atoms with E-state index in [-0.39, 0.29) is 17.8 Å². The zero-order chi connectivity index (χ0) is 18.3. The van der Waals surface area contributed by atoms with Gasteiger partial charge in [0.1, 0.15) is 6.61 Å². The molecule has 4 heteroatoms. The summed E-state index contributed by atoms with van der Waals surface area (Å²) < 4.78 is 5.57. The number of esters is 1. The maximum absolute atomic E-state index is 13.1. The first-order valence-corrected chi connectivity index (χ1v) is 8.99. The molecule has 0 unspecified atom stereocenters. The van der Waals surface area contributed by atoms with E-state index >= 15 is 0 Å². The van der Waals surface area contributed by atoms with Gasteiger partial charge in [-0.1, -0.05) is 48.5 Å². The van der Waals surface area contributed by atoms with E-state index in [9.17, 15) is 10.1 Å². The summed E-state index contributed by atoms with van der Waals surface area (Å²) in [6.45, 7) is 0.949. The van der Waals surface area contributed by atoms with Crippen molar-refractivity contribution in [3.05, 3.63) is 70.8 Å². The molecule has 0 fully saturated rings. The molecule has 2 bridgehead atoms. The van der Waals surface area contributed by atoms with E-state index in [4.69, 9.17) is 4.74 Å². The second-order valence-corrected chi connectivity index (χ2v) is 7.47. The number of benzene rings is 2. The van der Waals surface area contributed by atoms with Crippen molar-refractivity contribution in [3.63, 3.8) is 0 Å². The monoisotopic (exact) mass is 346 g/mol. The molecule has 0 radical (unpaired) electrons. The van der Waals surface area contributed by atoms with Crippen LogP contribution in [0.25, 0.3) is 0 Å². The molecule has 0 aromatic heterocycles. The molecule has 0 saturated carbocycles. The number of hydrogen-bond donors (Lipinski definition) is 0. The Hall–Kier alpha value is -2.64. The van der Waals surface area contributed by atoms with E-state index in [0.29, 0.717) is 19.6 Å². The van der Waals surface area contributed by atoms with Crippen molar-refractivity contribution in [3.8, 4) is 6.07 Å². The summed E-state index contributed by atoms with van der Waals surface area (Å²) in [6, 6.07) is 18.8. The lowest BCUT2D eigenvalue weighted by Gasteiger charge is -2.48. The quantitative estimate of drug-likeness (QED) is 0.797. The van der Waals surface area contributed by atoms with Crippen LogP contribution >= 0.6 is 0 Å². The van der Waals surface area contributed by atoms with Gasteiger partial charge in [-0.15, -0.1) is 0 Å². The highest BCUT2D eigenvalue weighted by atomic mass is 16.5. The molecule has 3 aliphatic carbocycles. The Balaban J connectivity index is 1.79. The molecule has 0 spiro atoms. The maximum atomic E-state index is 13.1. The summed E-state index contributed by atoms with van der Waals surface area (Å²) in [5.74, 6) is -0.592. The Morgan fingerprint density at radius 3 is 2.15 bits per heavy atom. The van der Waals surface area contributed by atoms with Crippen LogP contribution < -0.4 is 0 Å². The molecule has 0 amide bonds. The third kappa shape index (κ3) is 2.35. The zero-order valence-corrected chi connectivity index (χ0v) is 15.1. The molecule has 2 aromatic rings. The third-order valence-corrected chi connectivity index (χ3v) is 5.72. The normalized spacial score (nSPS) is 25.3. The van der Waals surface area contributed by atoms with Crippen LogP contribution in [0, 0.1) is 16.7 Å². The molecular weight excluding hydrogens is 324 g/mol. The number of carbonyl (C=O) groups excluding carboxylic acids is 1. The summed E-state index contributed by atoms with van der Waals surface area (Å²) in [7, 11) is 3.87. The zero-order valence-electron chi connectivity index (χ0n) is 15.1. The Labute approximate surface area is 154 Å². The molecule has 4 nitrogen and oxygen atoms in total. The van der Waals surface area contributed by atoms with Crippen LogP contribution in [-0.2, 0) is 9.53 Å². The van der Waals surface area contributed by atoms with Gasteiger partial charge in [0, 0.05) is 18.4 Å². The van der Waals surface area contributed by atoms with Gasteiger partial charge in [-0.2, -0.15) is 5.26 Å². The molecule has 0 saturated heterocycles. The minimum Gasteiger partial charge on any atom is -0.463 e. The van der Waals surface area contributed by atoms with E-state index in [2.05, 4.69) is 30.3 Å². The predicted octanol–water partition coefficient (Wildman–Crippen LogP) is 3.28. The van der Waals surface area contributed by atoms with E-state index in [1.807, 2.05) is 43.3 Å². The summed E-state index contributed by atoms with van der Waals surface area (Å²) >= 11 is 0. The van der Waals surface area contributed by atoms with Crippen molar-refractivity contribution in [2.24, 2.45) is 5.41 Å². The largest absolute Gasteiger partial charge is 0.463 e. The van der Waals surface area contributed by atoms with E-state index in [0.717, 1.165) is 11.1 Å². The van der Waals surface area contributed by atoms with Gasteiger partial charge >= 0.3 is 5.97 Å². The third-order valence-electron chi connectivity index (χ3n) is 5.72. The van der Waals surface area contributed by atoms with Crippen LogP contribution in [0.4, 0.5) is 0 Å². The molecule has 0 heterocycles. The van der Waals surface area contributed by atoms with Gasteiger partial charge in [-0.05, 0) is 42.8 Å². The molecule has 26 heavy (non-hydrogen) atoms. The lowest BCUT2D eigenvalue weighted by molar-refractivity contribution is -0.154. The molecule has 0 aliphatic heterocycles. The minimum absolute atomic E-state index is 0.0634. The van der Waals surface area contributed by atoms with Gasteiger partial charge in [0.25, 0.3) is 0 Å². The SMILES string of the molecule is CN(C)CCOC(=O)[C@@]1(C#N)CC2c3ccccc3C1c1ccccc12. The average molecular weight is 346 g/mol. The number of likely N-dealkylation sites (N-methyl/N-ethyl adjacent to an activating group) is 1. The first-order chi connectivity index (χ1) is 12.6. The summed E-state index contributed by atoms with van der Waals surface area (Å²) in [4.78, 5) is 15.0. The molecular formula is C22H22N2O2. The van der Waals surface area contributed by atoms with Crippen molar-refractivity contribution in [1.82, 2.24) is 4.90 Å². The Morgan fingerprint density at radius 1 is 1.12 bits per heavy atom. The lowest BCUT2D eigenvalue weighted by Crippen LogP contribution is -2.47. The van der Waals surface area contributed by atoms with Crippen molar-refractivity contribution in [1.29, 1.82) is 5.26 Å². The smallest absolute Gasteiger partial charge is 0.327 e. The highest BCUT2D eigenvalue weighted by Crippen LogP contribution is 2.61. The van der Waals surface area contributed by atoms with E-state index in [1.165, 1.54) is 11.1 Å². The van der Waals surface area contributed by atoms with Gasteiger partial charge in [0.05, 0.1) is 6.07 Å².